The smallest absolute Gasteiger partial charge is 0.257 e. The van der Waals surface area contributed by atoms with E-state index in [-0.39, 0.29) is 11.8 Å². The van der Waals surface area contributed by atoms with Gasteiger partial charge >= 0.3 is 0 Å². The largest absolute Gasteiger partial charge is 0.329 e. The number of nitrogens with zero attached hydrogens (tertiary/aromatic N) is 3. The normalized spacial score (nSPS) is 17.8. The third-order valence-corrected chi connectivity index (χ3v) is 4.17. The van der Waals surface area contributed by atoms with Crippen LogP contribution in [0.2, 0.25) is 5.02 Å². The number of likely N-dealkylation sites (N-methyl/N-ethyl adjacent to an activating group) is 1. The second kappa shape index (κ2) is 5.81. The first-order valence-corrected chi connectivity index (χ1v) is 7.29. The van der Waals surface area contributed by atoms with E-state index in [4.69, 9.17) is 11.6 Å². The first-order chi connectivity index (χ1) is 10.6. The highest BCUT2D eigenvalue weighted by Crippen LogP contribution is 2.30. The Kier molecular flexibility index (Phi) is 3.85. The van der Waals surface area contributed by atoms with Gasteiger partial charge in [0.15, 0.2) is 0 Å². The Balaban J connectivity index is 1.79. The van der Waals surface area contributed by atoms with Gasteiger partial charge in [0.05, 0.1) is 22.5 Å². The van der Waals surface area contributed by atoms with Crippen LogP contribution in [0, 0.1) is 0 Å². The summed E-state index contributed by atoms with van der Waals surface area (Å²) in [5.41, 5.74) is 1.12. The first-order valence-electron chi connectivity index (χ1n) is 6.91. The van der Waals surface area contributed by atoms with Crippen molar-refractivity contribution < 1.29 is 9.59 Å². The predicted molar refractivity (Wildman–Crippen MR) is 82.9 cm³/mol. The number of carbonyl (C=O) groups is 2. The van der Waals surface area contributed by atoms with E-state index in [1.54, 1.807) is 24.1 Å². The molecule has 22 heavy (non-hydrogen) atoms. The van der Waals surface area contributed by atoms with Gasteiger partial charge in [-0.25, -0.2) is 0 Å². The predicted octanol–water partition coefficient (Wildman–Crippen LogP) is 1.94. The topological polar surface area (TPSA) is 69.3 Å². The van der Waals surface area contributed by atoms with Crippen LogP contribution in [-0.2, 0) is 4.79 Å². The standard InChI is InChI=1S/C15H15ClN4O2/c1-19(14(21)10-8-17-18-9-10)13-6-7-20(15(13)22)12-5-3-2-4-11(12)16/h2-5,8-9,13H,6-7H2,1H3,(H,17,18)/t13-/m1/s1. The van der Waals surface area contributed by atoms with Gasteiger partial charge in [-0.05, 0) is 18.6 Å². The summed E-state index contributed by atoms with van der Waals surface area (Å²) in [7, 11) is 1.63. The van der Waals surface area contributed by atoms with Gasteiger partial charge in [-0.1, -0.05) is 23.7 Å². The number of para-hydroxylation sites is 1. The summed E-state index contributed by atoms with van der Waals surface area (Å²) in [6, 6.07) is 6.72. The number of halogens is 1. The molecule has 0 saturated carbocycles. The molecule has 1 aromatic heterocycles. The Morgan fingerprint density at radius 1 is 1.45 bits per heavy atom. The highest BCUT2D eigenvalue weighted by atomic mass is 35.5. The van der Waals surface area contributed by atoms with Gasteiger partial charge in [0.1, 0.15) is 6.04 Å². The molecule has 0 radical (unpaired) electrons. The van der Waals surface area contributed by atoms with Crippen LogP contribution in [0.15, 0.2) is 36.7 Å². The van der Waals surface area contributed by atoms with Crippen LogP contribution in [0.4, 0.5) is 5.69 Å². The highest BCUT2D eigenvalue weighted by molar-refractivity contribution is 6.34. The van der Waals surface area contributed by atoms with Crippen molar-refractivity contribution in [2.45, 2.75) is 12.5 Å². The van der Waals surface area contributed by atoms with Crippen molar-refractivity contribution in [3.05, 3.63) is 47.2 Å². The zero-order chi connectivity index (χ0) is 15.7. The van der Waals surface area contributed by atoms with Gasteiger partial charge in [0, 0.05) is 19.8 Å². The minimum Gasteiger partial charge on any atom is -0.329 e. The molecule has 1 aliphatic heterocycles. The molecule has 6 nitrogen and oxygen atoms in total. The molecule has 1 atom stereocenters. The minimum absolute atomic E-state index is 0.118. The van der Waals surface area contributed by atoms with Crippen LogP contribution in [0.5, 0.6) is 0 Å². The first kappa shape index (κ1) is 14.6. The lowest BCUT2D eigenvalue weighted by Crippen LogP contribution is -2.42. The summed E-state index contributed by atoms with van der Waals surface area (Å²) in [5.74, 6) is -0.347. The zero-order valence-corrected chi connectivity index (χ0v) is 12.7. The van der Waals surface area contributed by atoms with Gasteiger partial charge in [0.25, 0.3) is 5.91 Å². The molecular weight excluding hydrogens is 304 g/mol. The molecule has 2 aromatic rings. The number of aromatic nitrogens is 2. The molecule has 0 spiro atoms. The lowest BCUT2D eigenvalue weighted by molar-refractivity contribution is -0.120. The molecule has 1 N–H and O–H groups in total. The van der Waals surface area contributed by atoms with Crippen LogP contribution in [-0.4, -0.2) is 46.5 Å². The molecule has 3 rings (SSSR count). The average molecular weight is 319 g/mol. The van der Waals surface area contributed by atoms with E-state index >= 15 is 0 Å². The maximum absolute atomic E-state index is 12.6. The Hall–Kier alpha value is -2.34. The van der Waals surface area contributed by atoms with Crippen LogP contribution in [0.1, 0.15) is 16.8 Å². The fraction of sp³-hybridized carbons (Fsp3) is 0.267. The van der Waals surface area contributed by atoms with Crippen molar-refractivity contribution in [2.75, 3.05) is 18.5 Å². The summed E-state index contributed by atoms with van der Waals surface area (Å²) in [4.78, 5) is 28.0. The molecule has 0 bridgehead atoms. The van der Waals surface area contributed by atoms with E-state index in [1.165, 1.54) is 17.3 Å². The van der Waals surface area contributed by atoms with Crippen LogP contribution in [0.25, 0.3) is 0 Å². The van der Waals surface area contributed by atoms with Crippen molar-refractivity contribution in [3.8, 4) is 0 Å². The van der Waals surface area contributed by atoms with Crippen molar-refractivity contribution in [3.63, 3.8) is 0 Å². The Labute approximate surface area is 132 Å². The molecule has 0 aliphatic carbocycles. The molecule has 0 unspecified atom stereocenters. The molecule has 1 saturated heterocycles. The molecule has 1 aliphatic rings. The van der Waals surface area contributed by atoms with Gasteiger partial charge in [-0.15, -0.1) is 0 Å². The van der Waals surface area contributed by atoms with E-state index in [0.717, 1.165) is 0 Å². The Morgan fingerprint density at radius 2 is 2.23 bits per heavy atom. The van der Waals surface area contributed by atoms with Gasteiger partial charge in [-0.2, -0.15) is 5.10 Å². The number of hydrogen-bond acceptors (Lipinski definition) is 3. The summed E-state index contributed by atoms with van der Waals surface area (Å²) < 4.78 is 0. The van der Waals surface area contributed by atoms with E-state index in [1.807, 2.05) is 12.1 Å². The second-order valence-electron chi connectivity index (χ2n) is 5.15. The number of anilines is 1. The number of benzene rings is 1. The van der Waals surface area contributed by atoms with Gasteiger partial charge in [0.2, 0.25) is 5.91 Å². The summed E-state index contributed by atoms with van der Waals surface area (Å²) >= 11 is 6.15. The molecule has 114 valence electrons. The molecular formula is C15H15ClN4O2. The number of H-pyrrole nitrogens is 1. The second-order valence-corrected chi connectivity index (χ2v) is 5.56. The van der Waals surface area contributed by atoms with E-state index in [9.17, 15) is 9.59 Å². The number of nitrogens with one attached hydrogen (secondary N) is 1. The Bertz CT molecular complexity index is 701. The Morgan fingerprint density at radius 3 is 2.91 bits per heavy atom. The van der Waals surface area contributed by atoms with Gasteiger partial charge < -0.3 is 9.80 Å². The summed E-state index contributed by atoms with van der Waals surface area (Å²) in [5, 5.41) is 6.89. The number of hydrogen-bond donors (Lipinski definition) is 1. The third-order valence-electron chi connectivity index (χ3n) is 3.85. The van der Waals surface area contributed by atoms with Crippen molar-refractivity contribution in [2.24, 2.45) is 0 Å². The number of carbonyl (C=O) groups excluding carboxylic acids is 2. The van der Waals surface area contributed by atoms with E-state index < -0.39 is 6.04 Å². The molecule has 2 heterocycles. The van der Waals surface area contributed by atoms with Crippen molar-refractivity contribution in [1.29, 1.82) is 0 Å². The monoisotopic (exact) mass is 318 g/mol. The van der Waals surface area contributed by atoms with E-state index in [2.05, 4.69) is 10.2 Å². The summed E-state index contributed by atoms with van der Waals surface area (Å²) in [6.45, 7) is 0.538. The number of amides is 2. The molecule has 1 aromatic carbocycles. The average Bonchev–Trinajstić information content (AvgIpc) is 3.16. The quantitative estimate of drug-likeness (QED) is 0.940. The zero-order valence-electron chi connectivity index (χ0n) is 12.0. The van der Waals surface area contributed by atoms with Gasteiger partial charge in [-0.3, -0.25) is 14.7 Å². The van der Waals surface area contributed by atoms with E-state index in [0.29, 0.717) is 29.2 Å². The van der Waals surface area contributed by atoms with Crippen LogP contribution < -0.4 is 4.90 Å². The highest BCUT2D eigenvalue weighted by Gasteiger charge is 2.38. The lowest BCUT2D eigenvalue weighted by Gasteiger charge is -2.24. The fourth-order valence-corrected chi connectivity index (χ4v) is 2.88. The molecule has 7 heteroatoms. The maximum Gasteiger partial charge on any atom is 0.257 e. The fourth-order valence-electron chi connectivity index (χ4n) is 2.65. The van der Waals surface area contributed by atoms with Crippen LogP contribution in [0.3, 0.4) is 0 Å². The lowest BCUT2D eigenvalue weighted by atomic mass is 10.2. The maximum atomic E-state index is 12.6. The third kappa shape index (κ3) is 2.46. The van der Waals surface area contributed by atoms with Crippen molar-refractivity contribution in [1.82, 2.24) is 15.1 Å². The minimum atomic E-state index is -0.487. The summed E-state index contributed by atoms with van der Waals surface area (Å²) in [6.07, 6.45) is 3.54. The van der Waals surface area contributed by atoms with Crippen molar-refractivity contribution >= 4 is 29.1 Å². The SMILES string of the molecule is CN(C(=O)c1cn[nH]c1)[C@@H]1CCN(c2ccccc2Cl)C1=O. The van der Waals surface area contributed by atoms with Crippen LogP contribution >= 0.6 is 11.6 Å². The number of aromatic amines is 1. The number of rotatable bonds is 3. The molecule has 2 amide bonds. The molecule has 1 fully saturated rings.